The maximum Gasteiger partial charge on any atom is 0.288 e. The lowest BCUT2D eigenvalue weighted by atomic mass is 10.1. The lowest BCUT2D eigenvalue weighted by Crippen LogP contribution is -2.23. The van der Waals surface area contributed by atoms with Crippen molar-refractivity contribution in [1.29, 1.82) is 0 Å². The van der Waals surface area contributed by atoms with Crippen LogP contribution in [-0.4, -0.2) is 30.2 Å². The Bertz CT molecular complexity index is 692. The summed E-state index contributed by atoms with van der Waals surface area (Å²) >= 11 is 0.468. The van der Waals surface area contributed by atoms with Crippen LogP contribution in [-0.2, 0) is 13.1 Å². The van der Waals surface area contributed by atoms with E-state index >= 15 is 0 Å². The molecule has 0 heterocycles. The van der Waals surface area contributed by atoms with E-state index < -0.39 is 5.76 Å². The lowest BCUT2D eigenvalue weighted by Gasteiger charge is -2.14. The van der Waals surface area contributed by atoms with Crippen molar-refractivity contribution in [1.82, 2.24) is 10.2 Å². The second kappa shape index (κ2) is 9.53. The zero-order valence-electron chi connectivity index (χ0n) is 14.3. The summed E-state index contributed by atoms with van der Waals surface area (Å²) in [6, 6.07) is 14.3. The minimum absolute atomic E-state index is 0.218. The summed E-state index contributed by atoms with van der Waals surface area (Å²) in [7, 11) is 2.06. The van der Waals surface area contributed by atoms with Gasteiger partial charge in [-0.2, -0.15) is 8.78 Å². The highest BCUT2D eigenvalue weighted by Gasteiger charge is 2.08. The summed E-state index contributed by atoms with van der Waals surface area (Å²) in [6.07, 6.45) is 0. The van der Waals surface area contributed by atoms with Crippen LogP contribution >= 0.6 is 11.8 Å². The third kappa shape index (κ3) is 6.48. The summed E-state index contributed by atoms with van der Waals surface area (Å²) in [4.78, 5) is 14.8. The second-order valence-corrected chi connectivity index (χ2v) is 6.80. The van der Waals surface area contributed by atoms with Crippen LogP contribution in [0.3, 0.4) is 0 Å². The van der Waals surface area contributed by atoms with Gasteiger partial charge in [0.05, 0.1) is 0 Å². The number of amides is 1. The molecule has 0 radical (unpaired) electrons. The molecule has 1 amide bonds. The molecule has 0 aliphatic heterocycles. The van der Waals surface area contributed by atoms with Crippen molar-refractivity contribution in [2.75, 3.05) is 13.6 Å². The summed E-state index contributed by atoms with van der Waals surface area (Å²) in [5, 5.41) is 2.86. The molecule has 2 aromatic rings. The second-order valence-electron chi connectivity index (χ2n) is 5.74. The van der Waals surface area contributed by atoms with E-state index in [0.717, 1.165) is 18.7 Å². The van der Waals surface area contributed by atoms with Crippen molar-refractivity contribution < 1.29 is 13.6 Å². The van der Waals surface area contributed by atoms with Crippen LogP contribution in [0.15, 0.2) is 53.4 Å². The smallest absolute Gasteiger partial charge is 0.288 e. The van der Waals surface area contributed by atoms with Gasteiger partial charge in [0, 0.05) is 23.5 Å². The molecule has 3 nitrogen and oxygen atoms in total. The first-order valence-corrected chi connectivity index (χ1v) is 8.95. The highest BCUT2D eigenvalue weighted by molar-refractivity contribution is 7.99. The van der Waals surface area contributed by atoms with Crippen molar-refractivity contribution >= 4 is 17.7 Å². The molecule has 0 atom stereocenters. The molecule has 0 fully saturated rings. The SMILES string of the molecule is CCN(C)Cc1cccc(CNC(=O)c2ccc(SC(F)F)cc2)c1. The van der Waals surface area contributed by atoms with E-state index in [0.29, 0.717) is 28.8 Å². The monoisotopic (exact) mass is 364 g/mol. The van der Waals surface area contributed by atoms with Crippen LogP contribution in [0.2, 0.25) is 0 Å². The molecular formula is C19H22F2N2OS. The molecule has 1 N–H and O–H groups in total. The fourth-order valence-corrected chi connectivity index (χ4v) is 2.83. The summed E-state index contributed by atoms with van der Waals surface area (Å²) in [6.45, 7) is 4.37. The molecule has 0 aliphatic rings. The number of hydrogen-bond donors (Lipinski definition) is 1. The van der Waals surface area contributed by atoms with Crippen molar-refractivity contribution in [3.63, 3.8) is 0 Å². The quantitative estimate of drug-likeness (QED) is 0.706. The number of nitrogens with zero attached hydrogens (tertiary/aromatic N) is 1. The normalized spacial score (nSPS) is 11.1. The first-order chi connectivity index (χ1) is 12.0. The Balaban J connectivity index is 1.92. The van der Waals surface area contributed by atoms with Gasteiger partial charge in [0.1, 0.15) is 0 Å². The fourth-order valence-electron chi connectivity index (χ4n) is 2.33. The Morgan fingerprint density at radius 1 is 1.16 bits per heavy atom. The molecule has 6 heteroatoms. The molecule has 134 valence electrons. The first kappa shape index (κ1) is 19.4. The number of alkyl halides is 2. The van der Waals surface area contributed by atoms with Crippen molar-refractivity contribution in [2.45, 2.75) is 30.7 Å². The molecule has 2 rings (SSSR count). The minimum atomic E-state index is -2.46. The summed E-state index contributed by atoms with van der Waals surface area (Å²) < 4.78 is 24.6. The van der Waals surface area contributed by atoms with Gasteiger partial charge in [-0.3, -0.25) is 4.79 Å². The summed E-state index contributed by atoms with van der Waals surface area (Å²) in [5.74, 6) is -2.68. The van der Waals surface area contributed by atoms with E-state index in [-0.39, 0.29) is 5.91 Å². The maximum absolute atomic E-state index is 12.3. The van der Waals surface area contributed by atoms with Gasteiger partial charge in [-0.1, -0.05) is 43.0 Å². The molecule has 2 aromatic carbocycles. The van der Waals surface area contributed by atoms with Gasteiger partial charge in [-0.15, -0.1) is 0 Å². The van der Waals surface area contributed by atoms with Crippen molar-refractivity contribution in [3.8, 4) is 0 Å². The Morgan fingerprint density at radius 2 is 1.84 bits per heavy atom. The molecule has 0 aliphatic carbocycles. The van der Waals surface area contributed by atoms with E-state index in [9.17, 15) is 13.6 Å². The zero-order valence-corrected chi connectivity index (χ0v) is 15.2. The number of halogens is 2. The highest BCUT2D eigenvalue weighted by atomic mass is 32.2. The number of nitrogens with one attached hydrogen (secondary N) is 1. The Morgan fingerprint density at radius 3 is 2.48 bits per heavy atom. The molecule has 0 spiro atoms. The topological polar surface area (TPSA) is 32.3 Å². The van der Waals surface area contributed by atoms with Gasteiger partial charge in [-0.25, -0.2) is 0 Å². The number of carbonyl (C=O) groups excluding carboxylic acids is 1. The van der Waals surface area contributed by atoms with Gasteiger partial charge >= 0.3 is 0 Å². The fraction of sp³-hybridized carbons (Fsp3) is 0.316. The standard InChI is InChI=1S/C19H22F2N2OS/c1-3-23(2)13-15-6-4-5-14(11-15)12-22-18(24)16-7-9-17(10-8-16)25-19(20)21/h4-11,19H,3,12-13H2,1-2H3,(H,22,24). The van der Waals surface area contributed by atoms with E-state index in [2.05, 4.69) is 36.3 Å². The van der Waals surface area contributed by atoms with Gasteiger partial charge in [0.25, 0.3) is 11.7 Å². The predicted molar refractivity (Wildman–Crippen MR) is 97.9 cm³/mol. The maximum atomic E-state index is 12.3. The van der Waals surface area contributed by atoms with Crippen LogP contribution in [0.4, 0.5) is 8.78 Å². The van der Waals surface area contributed by atoms with Crippen molar-refractivity contribution in [2.24, 2.45) is 0 Å². The predicted octanol–water partition coefficient (Wildman–Crippen LogP) is 4.38. The number of hydrogen-bond acceptors (Lipinski definition) is 3. The van der Waals surface area contributed by atoms with Crippen molar-refractivity contribution in [3.05, 3.63) is 65.2 Å². The Labute approximate surface area is 151 Å². The number of thioether (sulfide) groups is 1. The van der Waals surface area contributed by atoms with E-state index in [4.69, 9.17) is 0 Å². The number of benzene rings is 2. The molecule has 0 unspecified atom stereocenters. The van der Waals surface area contributed by atoms with E-state index in [1.165, 1.54) is 17.7 Å². The third-order valence-corrected chi connectivity index (χ3v) is 4.50. The van der Waals surface area contributed by atoms with E-state index in [1.54, 1.807) is 12.1 Å². The molecule has 25 heavy (non-hydrogen) atoms. The first-order valence-electron chi connectivity index (χ1n) is 8.07. The lowest BCUT2D eigenvalue weighted by molar-refractivity contribution is 0.0951. The zero-order chi connectivity index (χ0) is 18.2. The largest absolute Gasteiger partial charge is 0.348 e. The Kier molecular flexibility index (Phi) is 7.40. The van der Waals surface area contributed by atoms with Crippen LogP contribution < -0.4 is 5.32 Å². The molecule has 0 saturated carbocycles. The molecule has 0 aromatic heterocycles. The Hall–Kier alpha value is -1.92. The average molecular weight is 364 g/mol. The van der Waals surface area contributed by atoms with Crippen LogP contribution in [0, 0.1) is 0 Å². The van der Waals surface area contributed by atoms with Gasteiger partial charge in [0.15, 0.2) is 0 Å². The average Bonchev–Trinajstić information content (AvgIpc) is 2.60. The van der Waals surface area contributed by atoms with Crippen LogP contribution in [0.25, 0.3) is 0 Å². The summed E-state index contributed by atoms with van der Waals surface area (Å²) in [5.41, 5.74) is 2.69. The van der Waals surface area contributed by atoms with Crippen LogP contribution in [0.1, 0.15) is 28.4 Å². The molecule has 0 bridgehead atoms. The molecular weight excluding hydrogens is 342 g/mol. The minimum Gasteiger partial charge on any atom is -0.348 e. The van der Waals surface area contributed by atoms with E-state index in [1.807, 2.05) is 12.1 Å². The van der Waals surface area contributed by atoms with Gasteiger partial charge in [0.2, 0.25) is 0 Å². The third-order valence-electron chi connectivity index (χ3n) is 3.78. The van der Waals surface area contributed by atoms with Gasteiger partial charge < -0.3 is 10.2 Å². The van der Waals surface area contributed by atoms with Gasteiger partial charge in [-0.05, 0) is 49.0 Å². The molecule has 0 saturated heterocycles. The highest BCUT2D eigenvalue weighted by Crippen LogP contribution is 2.25. The number of carbonyl (C=O) groups is 1. The van der Waals surface area contributed by atoms with Crippen LogP contribution in [0.5, 0.6) is 0 Å². The number of rotatable bonds is 8.